The fraction of sp³-hybridized carbons (Fsp3) is 0.350. The Morgan fingerprint density at radius 1 is 1.07 bits per heavy atom. The van der Waals surface area contributed by atoms with Crippen LogP contribution in [0, 0.1) is 6.92 Å². The average molecular weight is 409 g/mol. The van der Waals surface area contributed by atoms with E-state index in [1.807, 2.05) is 31.2 Å². The standard InChI is InChI=1S/C20H25ClN2O3S/c1-5-23(6-2)27(25,26)17-11-12-19(21)18(13-17)20(24)22(4)14-16-10-8-7-9-15(16)3/h7-13H,5-6,14H2,1-4H3. The lowest BCUT2D eigenvalue weighted by Gasteiger charge is -2.21. The third-order valence-corrected chi connectivity index (χ3v) is 6.90. The number of carbonyl (C=O) groups excluding carboxylic acids is 1. The lowest BCUT2D eigenvalue weighted by Crippen LogP contribution is -2.31. The zero-order chi connectivity index (χ0) is 20.2. The Morgan fingerprint density at radius 3 is 2.30 bits per heavy atom. The first-order valence-corrected chi connectivity index (χ1v) is 10.6. The Morgan fingerprint density at radius 2 is 1.70 bits per heavy atom. The largest absolute Gasteiger partial charge is 0.337 e. The summed E-state index contributed by atoms with van der Waals surface area (Å²) >= 11 is 6.21. The van der Waals surface area contributed by atoms with Crippen LogP contribution in [0.2, 0.25) is 5.02 Å². The van der Waals surface area contributed by atoms with Gasteiger partial charge in [-0.3, -0.25) is 4.79 Å². The lowest BCUT2D eigenvalue weighted by atomic mass is 10.1. The fourth-order valence-electron chi connectivity index (χ4n) is 2.86. The molecule has 2 aromatic carbocycles. The molecule has 5 nitrogen and oxygen atoms in total. The summed E-state index contributed by atoms with van der Waals surface area (Å²) in [7, 11) is -1.98. The van der Waals surface area contributed by atoms with Crippen molar-refractivity contribution in [3.63, 3.8) is 0 Å². The van der Waals surface area contributed by atoms with Crippen LogP contribution in [0.4, 0.5) is 0 Å². The highest BCUT2D eigenvalue weighted by atomic mass is 35.5. The first kappa shape index (κ1) is 21.4. The molecular weight excluding hydrogens is 384 g/mol. The second-order valence-electron chi connectivity index (χ2n) is 6.32. The molecule has 0 aliphatic carbocycles. The second-order valence-corrected chi connectivity index (χ2v) is 8.66. The normalized spacial score (nSPS) is 11.6. The van der Waals surface area contributed by atoms with E-state index < -0.39 is 10.0 Å². The molecule has 0 spiro atoms. The van der Waals surface area contributed by atoms with Gasteiger partial charge in [0.25, 0.3) is 5.91 Å². The highest BCUT2D eigenvalue weighted by molar-refractivity contribution is 7.89. The van der Waals surface area contributed by atoms with Crippen molar-refractivity contribution in [1.29, 1.82) is 0 Å². The van der Waals surface area contributed by atoms with Crippen LogP contribution in [0.25, 0.3) is 0 Å². The highest BCUT2D eigenvalue weighted by Crippen LogP contribution is 2.24. The Bertz CT molecular complexity index is 925. The van der Waals surface area contributed by atoms with Crippen molar-refractivity contribution in [2.75, 3.05) is 20.1 Å². The van der Waals surface area contributed by atoms with Gasteiger partial charge >= 0.3 is 0 Å². The molecule has 2 aromatic rings. The van der Waals surface area contributed by atoms with Crippen molar-refractivity contribution < 1.29 is 13.2 Å². The highest BCUT2D eigenvalue weighted by Gasteiger charge is 2.25. The first-order chi connectivity index (χ1) is 12.7. The number of hydrogen-bond acceptors (Lipinski definition) is 3. The molecule has 0 aromatic heterocycles. The summed E-state index contributed by atoms with van der Waals surface area (Å²) in [6.07, 6.45) is 0. The monoisotopic (exact) mass is 408 g/mol. The molecule has 27 heavy (non-hydrogen) atoms. The summed E-state index contributed by atoms with van der Waals surface area (Å²) in [6.45, 7) is 6.67. The number of hydrogen-bond donors (Lipinski definition) is 0. The minimum absolute atomic E-state index is 0.0724. The van der Waals surface area contributed by atoms with Gasteiger partial charge in [-0.1, -0.05) is 49.7 Å². The number of halogens is 1. The molecule has 146 valence electrons. The SMILES string of the molecule is CCN(CC)S(=O)(=O)c1ccc(Cl)c(C(=O)N(C)Cc2ccccc2C)c1. The Labute approximate surface area is 166 Å². The van der Waals surface area contributed by atoms with Crippen LogP contribution in [0.3, 0.4) is 0 Å². The fourth-order valence-corrected chi connectivity index (χ4v) is 4.54. The number of nitrogens with zero attached hydrogens (tertiary/aromatic N) is 2. The van der Waals surface area contributed by atoms with Crippen LogP contribution in [0.15, 0.2) is 47.4 Å². The van der Waals surface area contributed by atoms with Gasteiger partial charge in [0, 0.05) is 26.7 Å². The predicted molar refractivity (Wildman–Crippen MR) is 109 cm³/mol. The van der Waals surface area contributed by atoms with Gasteiger partial charge in [0.15, 0.2) is 0 Å². The summed E-state index contributed by atoms with van der Waals surface area (Å²) in [5, 5.41) is 0.232. The summed E-state index contributed by atoms with van der Waals surface area (Å²) in [6, 6.07) is 12.1. The number of rotatable bonds is 7. The molecule has 0 saturated heterocycles. The Balaban J connectivity index is 2.35. The van der Waals surface area contributed by atoms with E-state index in [0.29, 0.717) is 19.6 Å². The van der Waals surface area contributed by atoms with E-state index in [9.17, 15) is 13.2 Å². The summed E-state index contributed by atoms with van der Waals surface area (Å²) in [4.78, 5) is 14.5. The van der Waals surface area contributed by atoms with E-state index in [0.717, 1.165) is 11.1 Å². The number of aryl methyl sites for hydroxylation is 1. The van der Waals surface area contributed by atoms with Gasteiger partial charge in [0.1, 0.15) is 0 Å². The molecule has 0 N–H and O–H groups in total. The van der Waals surface area contributed by atoms with Crippen molar-refractivity contribution in [2.24, 2.45) is 0 Å². The van der Waals surface area contributed by atoms with Crippen LogP contribution in [-0.2, 0) is 16.6 Å². The van der Waals surface area contributed by atoms with Crippen LogP contribution < -0.4 is 0 Å². The number of benzene rings is 2. The van der Waals surface area contributed by atoms with Gasteiger partial charge in [-0.25, -0.2) is 8.42 Å². The number of amides is 1. The first-order valence-electron chi connectivity index (χ1n) is 8.82. The Hall–Kier alpha value is -1.89. The van der Waals surface area contributed by atoms with Crippen molar-refractivity contribution >= 4 is 27.5 Å². The van der Waals surface area contributed by atoms with Crippen LogP contribution >= 0.6 is 11.6 Å². The second kappa shape index (κ2) is 8.87. The van der Waals surface area contributed by atoms with E-state index in [4.69, 9.17) is 11.6 Å². The maximum absolute atomic E-state index is 12.9. The van der Waals surface area contributed by atoms with Gasteiger partial charge in [0.2, 0.25) is 10.0 Å². The molecule has 0 fully saturated rings. The smallest absolute Gasteiger partial charge is 0.255 e. The molecule has 0 radical (unpaired) electrons. The molecule has 1 amide bonds. The van der Waals surface area contributed by atoms with Crippen LogP contribution in [0.1, 0.15) is 35.3 Å². The zero-order valence-corrected chi connectivity index (χ0v) is 17.6. The van der Waals surface area contributed by atoms with E-state index in [-0.39, 0.29) is 21.4 Å². The quantitative estimate of drug-likeness (QED) is 0.696. The molecule has 0 heterocycles. The topological polar surface area (TPSA) is 57.7 Å². The molecule has 0 bridgehead atoms. The molecule has 0 saturated carbocycles. The minimum atomic E-state index is -3.66. The van der Waals surface area contributed by atoms with Crippen LogP contribution in [-0.4, -0.2) is 43.7 Å². The average Bonchev–Trinajstić information content (AvgIpc) is 2.64. The van der Waals surface area contributed by atoms with Gasteiger partial charge in [-0.05, 0) is 36.2 Å². The maximum Gasteiger partial charge on any atom is 0.255 e. The van der Waals surface area contributed by atoms with Crippen LogP contribution in [0.5, 0.6) is 0 Å². The minimum Gasteiger partial charge on any atom is -0.337 e. The van der Waals surface area contributed by atoms with Crippen molar-refractivity contribution in [1.82, 2.24) is 9.21 Å². The predicted octanol–water partition coefficient (Wildman–Crippen LogP) is 3.95. The molecule has 0 aliphatic rings. The maximum atomic E-state index is 12.9. The third-order valence-electron chi connectivity index (χ3n) is 4.53. The van der Waals surface area contributed by atoms with Crippen molar-refractivity contribution in [2.45, 2.75) is 32.2 Å². The Kier molecular flexibility index (Phi) is 7.03. The van der Waals surface area contributed by atoms with E-state index in [1.54, 1.807) is 20.9 Å². The lowest BCUT2D eigenvalue weighted by molar-refractivity contribution is 0.0785. The van der Waals surface area contributed by atoms with Gasteiger partial charge in [-0.2, -0.15) is 4.31 Å². The molecule has 0 atom stereocenters. The van der Waals surface area contributed by atoms with Crippen molar-refractivity contribution in [3.05, 3.63) is 64.2 Å². The summed E-state index contributed by atoms with van der Waals surface area (Å²) < 4.78 is 26.8. The zero-order valence-electron chi connectivity index (χ0n) is 16.1. The summed E-state index contributed by atoms with van der Waals surface area (Å²) in [5.41, 5.74) is 2.29. The molecule has 2 rings (SSSR count). The van der Waals surface area contributed by atoms with Gasteiger partial charge in [-0.15, -0.1) is 0 Å². The molecule has 7 heteroatoms. The van der Waals surface area contributed by atoms with E-state index >= 15 is 0 Å². The molecular formula is C20H25ClN2O3S. The van der Waals surface area contributed by atoms with E-state index in [1.165, 1.54) is 27.4 Å². The number of carbonyl (C=O) groups is 1. The van der Waals surface area contributed by atoms with Gasteiger partial charge in [0.05, 0.1) is 15.5 Å². The number of sulfonamides is 1. The van der Waals surface area contributed by atoms with Crippen molar-refractivity contribution in [3.8, 4) is 0 Å². The third kappa shape index (κ3) is 4.69. The molecule has 0 unspecified atom stereocenters. The molecule has 0 aliphatic heterocycles. The summed E-state index contributed by atoms with van der Waals surface area (Å²) in [5.74, 6) is -0.320. The van der Waals surface area contributed by atoms with Gasteiger partial charge < -0.3 is 4.90 Å². The van der Waals surface area contributed by atoms with E-state index in [2.05, 4.69) is 0 Å².